The summed E-state index contributed by atoms with van der Waals surface area (Å²) in [6.45, 7) is 7.05. The molecule has 5 rings (SSSR count). The lowest BCUT2D eigenvalue weighted by molar-refractivity contribution is 0.0690. The number of likely N-dealkylation sites (tertiary alicyclic amines) is 1. The predicted octanol–water partition coefficient (Wildman–Crippen LogP) is 3.34. The Morgan fingerprint density at radius 1 is 0.943 bits per heavy atom. The number of piperidine rings is 1. The van der Waals surface area contributed by atoms with E-state index < -0.39 is 6.10 Å². The molecule has 0 radical (unpaired) electrons. The molecule has 1 atom stereocenters. The Balaban J connectivity index is 1.16. The Kier molecular flexibility index (Phi) is 7.51. The summed E-state index contributed by atoms with van der Waals surface area (Å²) in [7, 11) is 2.15. The molecule has 6 heteroatoms. The molecule has 0 saturated carbocycles. The van der Waals surface area contributed by atoms with Gasteiger partial charge in [0, 0.05) is 75.0 Å². The number of nitrogens with zero attached hydrogens (tertiary/aromatic N) is 4. The highest BCUT2D eigenvalue weighted by Crippen LogP contribution is 2.24. The van der Waals surface area contributed by atoms with Gasteiger partial charge in [0.1, 0.15) is 0 Å². The molecule has 1 amide bonds. The van der Waals surface area contributed by atoms with Crippen LogP contribution < -0.4 is 0 Å². The van der Waals surface area contributed by atoms with E-state index in [0.717, 1.165) is 75.0 Å². The van der Waals surface area contributed by atoms with Crippen molar-refractivity contribution in [3.05, 3.63) is 71.9 Å². The van der Waals surface area contributed by atoms with Crippen LogP contribution in [-0.2, 0) is 13.0 Å². The molecule has 0 spiro atoms. The molecule has 2 saturated heterocycles. The highest BCUT2D eigenvalue weighted by atomic mass is 16.3. The molecule has 2 aromatic carbocycles. The van der Waals surface area contributed by atoms with E-state index in [2.05, 4.69) is 57.8 Å². The van der Waals surface area contributed by atoms with Crippen LogP contribution in [0.3, 0.4) is 0 Å². The van der Waals surface area contributed by atoms with Gasteiger partial charge in [-0.2, -0.15) is 0 Å². The maximum atomic E-state index is 13.2. The lowest BCUT2D eigenvalue weighted by Crippen LogP contribution is -2.47. The zero-order chi connectivity index (χ0) is 24.2. The second kappa shape index (κ2) is 10.9. The highest BCUT2D eigenvalue weighted by molar-refractivity contribution is 5.98. The summed E-state index contributed by atoms with van der Waals surface area (Å²) in [6, 6.07) is 18.7. The zero-order valence-corrected chi connectivity index (χ0v) is 20.9. The molecule has 186 valence electrons. The van der Waals surface area contributed by atoms with Crippen molar-refractivity contribution in [3.63, 3.8) is 0 Å². The molecule has 3 heterocycles. The van der Waals surface area contributed by atoms with E-state index in [9.17, 15) is 9.90 Å². The first-order valence-electron chi connectivity index (χ1n) is 13.1. The van der Waals surface area contributed by atoms with Crippen molar-refractivity contribution in [2.24, 2.45) is 5.92 Å². The topological polar surface area (TPSA) is 52.0 Å². The van der Waals surface area contributed by atoms with Crippen LogP contribution in [0.25, 0.3) is 10.9 Å². The van der Waals surface area contributed by atoms with Gasteiger partial charge in [0.15, 0.2) is 0 Å². The molecular weight excluding hydrogens is 436 g/mol. The number of fused-ring (bicyclic) bond motifs is 1. The summed E-state index contributed by atoms with van der Waals surface area (Å²) in [6.07, 6.45) is 4.84. The molecule has 1 aromatic heterocycles. The molecular formula is C29H38N4O2. The summed E-state index contributed by atoms with van der Waals surface area (Å²) in [5.41, 5.74) is 3.22. The van der Waals surface area contributed by atoms with Crippen molar-refractivity contribution in [3.8, 4) is 0 Å². The predicted molar refractivity (Wildman–Crippen MR) is 141 cm³/mol. The lowest BCUT2D eigenvalue weighted by Gasteiger charge is -2.33. The van der Waals surface area contributed by atoms with Gasteiger partial charge < -0.3 is 19.5 Å². The molecule has 2 aliphatic heterocycles. The standard InChI is InChI=1S/C29H38N4O2/c1-30-15-17-31(18-16-30)21-27(34)22-33-14-11-25-20-26(7-8-28(25)33)29(35)32-12-9-24(10-13-32)19-23-5-3-2-4-6-23/h2-8,11,14,20,24,27,34H,9-10,12-13,15-19,21-22H2,1H3. The summed E-state index contributed by atoms with van der Waals surface area (Å²) in [5.74, 6) is 0.781. The zero-order valence-electron chi connectivity index (χ0n) is 20.9. The number of aliphatic hydroxyl groups is 1. The minimum atomic E-state index is -0.410. The number of hydrogen-bond acceptors (Lipinski definition) is 4. The summed E-state index contributed by atoms with van der Waals surface area (Å²) in [5, 5.41) is 11.7. The van der Waals surface area contributed by atoms with Crippen molar-refractivity contribution in [2.45, 2.75) is 31.9 Å². The van der Waals surface area contributed by atoms with Crippen LogP contribution in [0.15, 0.2) is 60.8 Å². The van der Waals surface area contributed by atoms with Crippen LogP contribution in [0, 0.1) is 5.92 Å². The monoisotopic (exact) mass is 474 g/mol. The van der Waals surface area contributed by atoms with Gasteiger partial charge in [-0.1, -0.05) is 30.3 Å². The number of piperazine rings is 1. The molecule has 3 aromatic rings. The SMILES string of the molecule is CN1CCN(CC(O)Cn2ccc3cc(C(=O)N4CCC(Cc5ccccc5)CC4)ccc32)CC1. The number of β-amino-alcohol motifs (C(OH)–C–C–N with tert-alkyl or cyclic N) is 1. The van der Waals surface area contributed by atoms with Crippen LogP contribution >= 0.6 is 0 Å². The smallest absolute Gasteiger partial charge is 0.253 e. The Morgan fingerprint density at radius 2 is 1.69 bits per heavy atom. The van der Waals surface area contributed by atoms with Crippen molar-refractivity contribution < 1.29 is 9.90 Å². The molecule has 0 bridgehead atoms. The quantitative estimate of drug-likeness (QED) is 0.571. The largest absolute Gasteiger partial charge is 0.390 e. The third kappa shape index (κ3) is 5.95. The Bertz CT molecular complexity index is 1110. The van der Waals surface area contributed by atoms with Gasteiger partial charge in [-0.05, 0) is 62.1 Å². The third-order valence-electron chi connectivity index (χ3n) is 7.76. The Labute approximate surface area is 208 Å². The number of carbonyl (C=O) groups is 1. The average Bonchev–Trinajstić information content (AvgIpc) is 3.28. The number of aromatic nitrogens is 1. The second-order valence-electron chi connectivity index (χ2n) is 10.4. The van der Waals surface area contributed by atoms with Crippen molar-refractivity contribution >= 4 is 16.8 Å². The van der Waals surface area contributed by atoms with Crippen molar-refractivity contribution in [1.82, 2.24) is 19.3 Å². The van der Waals surface area contributed by atoms with E-state index in [-0.39, 0.29) is 5.91 Å². The first-order valence-corrected chi connectivity index (χ1v) is 13.1. The van der Waals surface area contributed by atoms with E-state index in [4.69, 9.17) is 0 Å². The van der Waals surface area contributed by atoms with E-state index >= 15 is 0 Å². The molecule has 2 aliphatic rings. The fraction of sp³-hybridized carbons (Fsp3) is 0.483. The lowest BCUT2D eigenvalue weighted by atomic mass is 9.90. The first-order chi connectivity index (χ1) is 17.0. The number of amides is 1. The van der Waals surface area contributed by atoms with Crippen LogP contribution in [0.4, 0.5) is 0 Å². The van der Waals surface area contributed by atoms with Gasteiger partial charge in [-0.15, -0.1) is 0 Å². The van der Waals surface area contributed by atoms with Crippen LogP contribution in [0.5, 0.6) is 0 Å². The number of hydrogen-bond donors (Lipinski definition) is 1. The maximum Gasteiger partial charge on any atom is 0.253 e. The fourth-order valence-electron chi connectivity index (χ4n) is 5.58. The van der Waals surface area contributed by atoms with Gasteiger partial charge in [-0.25, -0.2) is 0 Å². The van der Waals surface area contributed by atoms with Gasteiger partial charge in [0.05, 0.1) is 6.10 Å². The summed E-state index contributed by atoms with van der Waals surface area (Å²) in [4.78, 5) is 19.9. The Hall–Kier alpha value is -2.67. The van der Waals surface area contributed by atoms with E-state index in [0.29, 0.717) is 19.0 Å². The van der Waals surface area contributed by atoms with Gasteiger partial charge >= 0.3 is 0 Å². The fourth-order valence-corrected chi connectivity index (χ4v) is 5.58. The average molecular weight is 475 g/mol. The second-order valence-corrected chi connectivity index (χ2v) is 10.4. The normalized spacial score (nSPS) is 19.3. The molecule has 1 unspecified atom stereocenters. The molecule has 6 nitrogen and oxygen atoms in total. The molecule has 35 heavy (non-hydrogen) atoms. The minimum Gasteiger partial charge on any atom is -0.390 e. The van der Waals surface area contributed by atoms with E-state index in [1.807, 2.05) is 29.3 Å². The number of rotatable bonds is 7. The van der Waals surface area contributed by atoms with Crippen LogP contribution in [0.2, 0.25) is 0 Å². The van der Waals surface area contributed by atoms with E-state index in [1.165, 1.54) is 5.56 Å². The summed E-state index contributed by atoms with van der Waals surface area (Å²) < 4.78 is 2.11. The number of carbonyl (C=O) groups excluding carboxylic acids is 1. The van der Waals surface area contributed by atoms with E-state index in [1.54, 1.807) is 0 Å². The minimum absolute atomic E-state index is 0.132. The van der Waals surface area contributed by atoms with Gasteiger partial charge in [0.2, 0.25) is 0 Å². The number of aliphatic hydroxyl groups excluding tert-OH is 1. The van der Waals surface area contributed by atoms with Crippen molar-refractivity contribution in [2.75, 3.05) is 52.9 Å². The van der Waals surface area contributed by atoms with Gasteiger partial charge in [-0.3, -0.25) is 9.69 Å². The Morgan fingerprint density at radius 3 is 2.43 bits per heavy atom. The molecule has 1 N–H and O–H groups in total. The molecule has 2 fully saturated rings. The first kappa shape index (κ1) is 24.0. The number of benzene rings is 2. The molecule has 0 aliphatic carbocycles. The number of likely N-dealkylation sites (N-methyl/N-ethyl adjacent to an activating group) is 1. The van der Waals surface area contributed by atoms with Crippen LogP contribution in [0.1, 0.15) is 28.8 Å². The highest BCUT2D eigenvalue weighted by Gasteiger charge is 2.24. The van der Waals surface area contributed by atoms with Gasteiger partial charge in [0.25, 0.3) is 5.91 Å². The maximum absolute atomic E-state index is 13.2. The van der Waals surface area contributed by atoms with Crippen LogP contribution in [-0.4, -0.2) is 89.2 Å². The third-order valence-corrected chi connectivity index (χ3v) is 7.76. The van der Waals surface area contributed by atoms with Crippen molar-refractivity contribution in [1.29, 1.82) is 0 Å². The summed E-state index contributed by atoms with van der Waals surface area (Å²) >= 11 is 0.